The van der Waals surface area contributed by atoms with Gasteiger partial charge in [-0.1, -0.05) is 28.5 Å². The van der Waals surface area contributed by atoms with E-state index in [2.05, 4.69) is 24.5 Å². The van der Waals surface area contributed by atoms with Crippen molar-refractivity contribution in [2.24, 2.45) is 0 Å². The summed E-state index contributed by atoms with van der Waals surface area (Å²) in [6.45, 7) is 9.54. The van der Waals surface area contributed by atoms with E-state index in [0.29, 0.717) is 12.2 Å². The fourth-order valence-electron chi connectivity index (χ4n) is 1.73. The Kier molecular flexibility index (Phi) is 9.69. The second kappa shape index (κ2) is 9.80. The molecule has 0 aromatic rings. The smallest absolute Gasteiger partial charge is 0.321 e. The van der Waals surface area contributed by atoms with Gasteiger partial charge in [0.25, 0.3) is 0 Å². The van der Waals surface area contributed by atoms with Crippen LogP contribution in [0.5, 0.6) is 0 Å². The molecule has 3 N–H and O–H groups in total. The first kappa shape index (κ1) is 21.8. The molecule has 0 spiro atoms. The van der Waals surface area contributed by atoms with Crippen LogP contribution in [-0.4, -0.2) is 52.5 Å². The molecule has 0 aliphatic rings. The second-order valence-corrected chi connectivity index (χ2v) is 9.05. The summed E-state index contributed by atoms with van der Waals surface area (Å²) in [5.41, 5.74) is -0.718. The van der Waals surface area contributed by atoms with Gasteiger partial charge in [-0.15, -0.1) is 0 Å². The van der Waals surface area contributed by atoms with Crippen molar-refractivity contribution in [1.29, 1.82) is 0 Å². The van der Waals surface area contributed by atoms with E-state index in [9.17, 15) is 14.7 Å². The number of carboxylic acids is 1. The lowest BCUT2D eigenvalue weighted by molar-refractivity contribution is -0.139. The lowest BCUT2D eigenvalue weighted by atomic mass is 9.96. The highest BCUT2D eigenvalue weighted by molar-refractivity contribution is 8.76. The zero-order chi connectivity index (χ0) is 17.4. The van der Waals surface area contributed by atoms with Gasteiger partial charge in [0.15, 0.2) is 5.78 Å². The zero-order valence-electron chi connectivity index (χ0n) is 14.5. The zero-order valence-corrected chi connectivity index (χ0v) is 16.1. The number of hydrogen-bond donors (Lipinski definition) is 3. The summed E-state index contributed by atoms with van der Waals surface area (Å²) in [5, 5.41) is 15.5. The highest BCUT2D eigenvalue weighted by atomic mass is 33.1. The van der Waals surface area contributed by atoms with E-state index in [1.165, 1.54) is 10.8 Å². The fourth-order valence-corrected chi connectivity index (χ4v) is 4.20. The Morgan fingerprint density at radius 1 is 1.18 bits per heavy atom. The minimum Gasteiger partial charge on any atom is -0.480 e. The number of hydrogen-bond acceptors (Lipinski definition) is 6. The van der Waals surface area contributed by atoms with Crippen LogP contribution in [0.1, 0.15) is 47.5 Å². The molecular weight excluding hydrogens is 320 g/mol. The molecule has 0 saturated carbocycles. The van der Waals surface area contributed by atoms with Crippen LogP contribution in [0, 0.1) is 0 Å². The first-order chi connectivity index (χ1) is 10.1. The minimum atomic E-state index is -0.916. The standard InChI is InChI=1S/C15H30N2O3S2/c1-7-12(18)15(4,5)17-11(13(19)20)10-22-21-9-8-14(2,3)16-6/h11,16-17H,7-10H2,1-6H3,(H,19,20)/t11-/m0/s1. The van der Waals surface area contributed by atoms with E-state index in [1.54, 1.807) is 31.6 Å². The quantitative estimate of drug-likeness (QED) is 0.369. The summed E-state index contributed by atoms with van der Waals surface area (Å²) in [4.78, 5) is 23.2. The van der Waals surface area contributed by atoms with E-state index >= 15 is 0 Å². The normalized spacial score (nSPS) is 13.9. The number of ketones is 1. The van der Waals surface area contributed by atoms with Crippen LogP contribution >= 0.6 is 21.6 Å². The third-order valence-corrected chi connectivity index (χ3v) is 6.07. The maximum atomic E-state index is 11.8. The first-order valence-corrected chi connectivity index (χ1v) is 10.0. The summed E-state index contributed by atoms with van der Waals surface area (Å²) < 4.78 is 0. The number of carbonyl (C=O) groups excluding carboxylic acids is 1. The lowest BCUT2D eigenvalue weighted by Gasteiger charge is -2.28. The van der Waals surface area contributed by atoms with E-state index in [0.717, 1.165) is 12.2 Å². The van der Waals surface area contributed by atoms with Gasteiger partial charge >= 0.3 is 5.97 Å². The molecule has 0 rings (SSSR count). The average molecular weight is 351 g/mol. The van der Waals surface area contributed by atoms with Crippen molar-refractivity contribution in [1.82, 2.24) is 10.6 Å². The third kappa shape index (κ3) is 8.41. The highest BCUT2D eigenvalue weighted by Crippen LogP contribution is 2.26. The molecule has 1 atom stereocenters. The van der Waals surface area contributed by atoms with E-state index < -0.39 is 17.6 Å². The van der Waals surface area contributed by atoms with Crippen molar-refractivity contribution in [2.75, 3.05) is 18.6 Å². The van der Waals surface area contributed by atoms with Gasteiger partial charge in [-0.25, -0.2) is 0 Å². The number of carbonyl (C=O) groups is 2. The first-order valence-electron chi connectivity index (χ1n) is 7.53. The Balaban J connectivity index is 4.28. The molecule has 0 fully saturated rings. The molecule has 7 heteroatoms. The molecule has 5 nitrogen and oxygen atoms in total. The van der Waals surface area contributed by atoms with Crippen molar-refractivity contribution in [3.8, 4) is 0 Å². The van der Waals surface area contributed by atoms with Crippen LogP contribution in [0.3, 0.4) is 0 Å². The summed E-state index contributed by atoms with van der Waals surface area (Å²) in [5.74, 6) is 0.482. The van der Waals surface area contributed by atoms with Crippen LogP contribution in [0.15, 0.2) is 0 Å². The molecule has 0 aliphatic heterocycles. The molecule has 0 saturated heterocycles. The number of Topliss-reactive ketones (excluding diaryl/α,β-unsaturated/α-hetero) is 1. The Bertz CT molecular complexity index is 374. The Labute approximate surface area is 142 Å². The van der Waals surface area contributed by atoms with Gasteiger partial charge in [-0.05, 0) is 41.2 Å². The molecule has 0 unspecified atom stereocenters. The van der Waals surface area contributed by atoms with Crippen LogP contribution in [0.2, 0.25) is 0 Å². The van der Waals surface area contributed by atoms with Gasteiger partial charge in [0.1, 0.15) is 6.04 Å². The van der Waals surface area contributed by atoms with Gasteiger partial charge in [0.05, 0.1) is 5.54 Å². The van der Waals surface area contributed by atoms with Crippen molar-refractivity contribution < 1.29 is 14.7 Å². The van der Waals surface area contributed by atoms with Crippen LogP contribution < -0.4 is 10.6 Å². The topological polar surface area (TPSA) is 78.4 Å². The largest absolute Gasteiger partial charge is 0.480 e. The van der Waals surface area contributed by atoms with Gasteiger partial charge in [-0.3, -0.25) is 14.9 Å². The Morgan fingerprint density at radius 3 is 2.23 bits per heavy atom. The number of aliphatic carboxylic acids is 1. The summed E-state index contributed by atoms with van der Waals surface area (Å²) >= 11 is 0. The van der Waals surface area contributed by atoms with Crippen molar-refractivity contribution in [3.05, 3.63) is 0 Å². The number of nitrogens with one attached hydrogen (secondary N) is 2. The third-order valence-electron chi connectivity index (χ3n) is 3.66. The molecule has 0 bridgehead atoms. The minimum absolute atomic E-state index is 0.0205. The predicted molar refractivity (Wildman–Crippen MR) is 96.6 cm³/mol. The molecule has 22 heavy (non-hydrogen) atoms. The summed E-state index contributed by atoms with van der Waals surface area (Å²) in [6.07, 6.45) is 1.40. The van der Waals surface area contributed by atoms with Crippen molar-refractivity contribution in [3.63, 3.8) is 0 Å². The molecule has 0 radical (unpaired) electrons. The predicted octanol–water partition coefficient (Wildman–Crippen LogP) is 2.56. The van der Waals surface area contributed by atoms with Gasteiger partial charge in [-0.2, -0.15) is 0 Å². The summed E-state index contributed by atoms with van der Waals surface area (Å²) in [7, 11) is 5.14. The Hall–Kier alpha value is -0.240. The van der Waals surface area contributed by atoms with E-state index in [4.69, 9.17) is 0 Å². The van der Waals surface area contributed by atoms with E-state index in [-0.39, 0.29) is 11.3 Å². The molecule has 0 aliphatic carbocycles. The maximum absolute atomic E-state index is 11.8. The van der Waals surface area contributed by atoms with Crippen LogP contribution in [-0.2, 0) is 9.59 Å². The monoisotopic (exact) mass is 350 g/mol. The Morgan fingerprint density at radius 2 is 1.77 bits per heavy atom. The SMILES string of the molecule is CCC(=O)C(C)(C)N[C@@H](CSSCCC(C)(C)NC)C(=O)O. The molecule has 0 aromatic carbocycles. The van der Waals surface area contributed by atoms with E-state index in [1.807, 2.05) is 7.05 Å². The van der Waals surface area contributed by atoms with Crippen molar-refractivity contribution in [2.45, 2.75) is 64.6 Å². The lowest BCUT2D eigenvalue weighted by Crippen LogP contribution is -2.55. The fraction of sp³-hybridized carbons (Fsp3) is 0.867. The molecule has 130 valence electrons. The molecule has 0 heterocycles. The van der Waals surface area contributed by atoms with Crippen LogP contribution in [0.25, 0.3) is 0 Å². The number of rotatable bonds is 12. The van der Waals surface area contributed by atoms with Gasteiger partial charge in [0.2, 0.25) is 0 Å². The van der Waals surface area contributed by atoms with Gasteiger partial charge in [0, 0.05) is 23.5 Å². The van der Waals surface area contributed by atoms with Crippen molar-refractivity contribution >= 4 is 33.3 Å². The molecule has 0 amide bonds. The maximum Gasteiger partial charge on any atom is 0.321 e. The highest BCUT2D eigenvalue weighted by Gasteiger charge is 2.31. The average Bonchev–Trinajstić information content (AvgIpc) is 2.44. The molecule has 0 aromatic heterocycles. The van der Waals surface area contributed by atoms with Crippen LogP contribution in [0.4, 0.5) is 0 Å². The summed E-state index contributed by atoms with van der Waals surface area (Å²) in [6, 6.07) is -0.722. The number of carboxylic acid groups (broad SMARTS) is 1. The molecular formula is C15H30N2O3S2. The van der Waals surface area contributed by atoms with Gasteiger partial charge < -0.3 is 10.4 Å². The second-order valence-electron chi connectivity index (χ2n) is 6.43.